The van der Waals surface area contributed by atoms with Crippen molar-refractivity contribution in [3.8, 4) is 0 Å². The molecule has 6 nitrogen and oxygen atoms in total. The molecule has 0 radical (unpaired) electrons. The molecule has 0 aliphatic carbocycles. The molecule has 1 fully saturated rings. The number of nitrogens with zero attached hydrogens (tertiary/aromatic N) is 2. The summed E-state index contributed by atoms with van der Waals surface area (Å²) in [7, 11) is 1.79. The Labute approximate surface area is 156 Å². The van der Waals surface area contributed by atoms with Crippen LogP contribution in [0.4, 0.5) is 4.39 Å². The van der Waals surface area contributed by atoms with E-state index in [0.29, 0.717) is 24.8 Å². The lowest BCUT2D eigenvalue weighted by molar-refractivity contribution is 0.0786. The van der Waals surface area contributed by atoms with Crippen molar-refractivity contribution in [3.05, 3.63) is 51.7 Å². The molecule has 1 saturated heterocycles. The number of amides is 1. The number of nitrogens with one attached hydrogen (secondary N) is 2. The number of carbonyl (C=O) groups is 1. The fourth-order valence-electron chi connectivity index (χ4n) is 3.13. The van der Waals surface area contributed by atoms with Gasteiger partial charge in [0.05, 0.1) is 0 Å². The average Bonchev–Trinajstić information content (AvgIpc) is 3.30. The zero-order chi connectivity index (χ0) is 18.5. The first-order valence-electron chi connectivity index (χ1n) is 8.73. The summed E-state index contributed by atoms with van der Waals surface area (Å²) in [6, 6.07) is 7.09. The molecule has 4 N–H and O–H groups in total. The van der Waals surface area contributed by atoms with Gasteiger partial charge in [-0.25, -0.2) is 9.37 Å². The average molecular weight is 377 g/mol. The molecule has 0 bridgehead atoms. The number of hydrazine groups is 1. The van der Waals surface area contributed by atoms with Crippen LogP contribution in [0.15, 0.2) is 29.6 Å². The third-order valence-electron chi connectivity index (χ3n) is 4.57. The van der Waals surface area contributed by atoms with E-state index in [4.69, 9.17) is 5.73 Å². The van der Waals surface area contributed by atoms with E-state index in [1.165, 1.54) is 17.4 Å². The van der Waals surface area contributed by atoms with Gasteiger partial charge in [-0.05, 0) is 37.0 Å². The van der Waals surface area contributed by atoms with Gasteiger partial charge in [-0.2, -0.15) is 0 Å². The Bertz CT molecular complexity index is 753. The van der Waals surface area contributed by atoms with Crippen LogP contribution in [0.25, 0.3) is 0 Å². The highest BCUT2D eigenvalue weighted by Gasteiger charge is 2.25. The first-order valence-corrected chi connectivity index (χ1v) is 9.61. The Morgan fingerprint density at radius 1 is 1.46 bits per heavy atom. The number of thiazole rings is 1. The first-order chi connectivity index (χ1) is 12.6. The Kier molecular flexibility index (Phi) is 6.31. The van der Waals surface area contributed by atoms with Crippen molar-refractivity contribution in [2.75, 3.05) is 13.6 Å². The molecule has 1 aliphatic rings. The highest BCUT2D eigenvalue weighted by molar-refractivity contribution is 7.09. The van der Waals surface area contributed by atoms with Crippen LogP contribution in [0.5, 0.6) is 0 Å². The monoisotopic (exact) mass is 377 g/mol. The molecule has 0 saturated carbocycles. The third-order valence-corrected chi connectivity index (χ3v) is 5.44. The number of carbonyl (C=O) groups excluding carboxylic acids is 1. The predicted octanol–water partition coefficient (Wildman–Crippen LogP) is 2.20. The molecule has 8 heteroatoms. The smallest absolute Gasteiger partial charge is 0.273 e. The Morgan fingerprint density at radius 3 is 3.04 bits per heavy atom. The number of aromatic nitrogens is 1. The molecule has 0 spiro atoms. The van der Waals surface area contributed by atoms with Crippen LogP contribution < -0.4 is 16.6 Å². The van der Waals surface area contributed by atoms with E-state index in [9.17, 15) is 9.18 Å². The van der Waals surface area contributed by atoms with Gasteiger partial charge in [-0.3, -0.25) is 15.6 Å². The number of benzene rings is 1. The molecule has 26 heavy (non-hydrogen) atoms. The van der Waals surface area contributed by atoms with Gasteiger partial charge in [0.1, 0.15) is 16.5 Å². The van der Waals surface area contributed by atoms with Gasteiger partial charge in [0.25, 0.3) is 5.91 Å². The number of nitrogens with two attached hydrogens (primary N) is 1. The molecule has 1 aromatic carbocycles. The van der Waals surface area contributed by atoms with Crippen molar-refractivity contribution in [1.82, 2.24) is 20.7 Å². The summed E-state index contributed by atoms with van der Waals surface area (Å²) in [5, 5.41) is 2.53. The van der Waals surface area contributed by atoms with Crippen molar-refractivity contribution < 1.29 is 9.18 Å². The minimum atomic E-state index is -0.215. The Balaban J connectivity index is 1.43. The van der Waals surface area contributed by atoms with Crippen LogP contribution in [-0.4, -0.2) is 35.4 Å². The van der Waals surface area contributed by atoms with Gasteiger partial charge in [0.2, 0.25) is 0 Å². The van der Waals surface area contributed by atoms with E-state index < -0.39 is 0 Å². The van der Waals surface area contributed by atoms with Crippen LogP contribution in [0.1, 0.15) is 46.4 Å². The predicted molar refractivity (Wildman–Crippen MR) is 100 cm³/mol. The van der Waals surface area contributed by atoms with Crippen molar-refractivity contribution >= 4 is 17.2 Å². The second-order valence-electron chi connectivity index (χ2n) is 6.53. The maximum Gasteiger partial charge on any atom is 0.273 e. The quantitative estimate of drug-likeness (QED) is 0.689. The second-order valence-corrected chi connectivity index (χ2v) is 7.47. The van der Waals surface area contributed by atoms with E-state index in [1.54, 1.807) is 29.5 Å². The van der Waals surface area contributed by atoms with Gasteiger partial charge in [0.15, 0.2) is 0 Å². The molecule has 140 valence electrons. The van der Waals surface area contributed by atoms with Crippen LogP contribution >= 0.6 is 11.3 Å². The normalized spacial score (nSPS) is 19.7. The van der Waals surface area contributed by atoms with E-state index in [1.807, 2.05) is 6.07 Å². The summed E-state index contributed by atoms with van der Waals surface area (Å²) in [5.41, 5.74) is 13.5. The molecule has 1 amide bonds. The van der Waals surface area contributed by atoms with Crippen molar-refractivity contribution in [3.63, 3.8) is 0 Å². The highest BCUT2D eigenvalue weighted by atomic mass is 32.1. The molecule has 1 aliphatic heterocycles. The SMILES string of the molecule is CN(CCCC1CC(c2cccc(F)c2)NN1)C(=O)c1csc(CN)n1. The number of hydrogen-bond donors (Lipinski definition) is 3. The standard InChI is InChI=1S/C18H24FN5OS/c1-24(18(25)16-11-26-17(10-20)21-16)7-3-6-14-9-15(23-22-14)12-4-2-5-13(19)8-12/h2,4-5,8,11,14-15,22-23H,3,6-7,9-10,20H2,1H3. The minimum absolute atomic E-state index is 0.0731. The first kappa shape index (κ1) is 18.9. The highest BCUT2D eigenvalue weighted by Crippen LogP contribution is 2.24. The van der Waals surface area contributed by atoms with Crippen LogP contribution in [-0.2, 0) is 6.54 Å². The summed E-state index contributed by atoms with van der Waals surface area (Å²) in [6.07, 6.45) is 2.71. The Morgan fingerprint density at radius 2 is 2.31 bits per heavy atom. The van der Waals surface area contributed by atoms with Gasteiger partial charge in [0, 0.05) is 37.6 Å². The lowest BCUT2D eigenvalue weighted by atomic mass is 9.99. The van der Waals surface area contributed by atoms with Crippen LogP contribution in [0.3, 0.4) is 0 Å². The maximum atomic E-state index is 13.4. The molecule has 2 atom stereocenters. The largest absolute Gasteiger partial charge is 0.340 e. The van der Waals surface area contributed by atoms with Gasteiger partial charge in [-0.1, -0.05) is 12.1 Å². The van der Waals surface area contributed by atoms with E-state index in [2.05, 4.69) is 15.8 Å². The fraction of sp³-hybridized carbons (Fsp3) is 0.444. The Hall–Kier alpha value is -1.87. The molecule has 2 aromatic rings. The molecule has 2 heterocycles. The third kappa shape index (κ3) is 4.64. The van der Waals surface area contributed by atoms with Crippen molar-refractivity contribution in [2.45, 2.75) is 37.9 Å². The molecular formula is C18H24FN5OS. The van der Waals surface area contributed by atoms with Gasteiger partial charge in [-0.15, -0.1) is 11.3 Å². The van der Waals surface area contributed by atoms with Gasteiger partial charge < -0.3 is 10.6 Å². The summed E-state index contributed by atoms with van der Waals surface area (Å²) in [6.45, 7) is 1.02. The summed E-state index contributed by atoms with van der Waals surface area (Å²) >= 11 is 1.41. The lowest BCUT2D eigenvalue weighted by Gasteiger charge is -2.17. The number of rotatable bonds is 7. The molecule has 3 rings (SSSR count). The molecular weight excluding hydrogens is 353 g/mol. The van der Waals surface area contributed by atoms with Crippen molar-refractivity contribution in [2.24, 2.45) is 5.73 Å². The minimum Gasteiger partial charge on any atom is -0.340 e. The zero-order valence-electron chi connectivity index (χ0n) is 14.7. The van der Waals surface area contributed by atoms with Crippen molar-refractivity contribution in [1.29, 1.82) is 0 Å². The van der Waals surface area contributed by atoms with Crippen LogP contribution in [0.2, 0.25) is 0 Å². The fourth-order valence-corrected chi connectivity index (χ4v) is 3.78. The topological polar surface area (TPSA) is 83.3 Å². The molecule has 2 unspecified atom stereocenters. The number of halogens is 1. The molecule has 1 aromatic heterocycles. The summed E-state index contributed by atoms with van der Waals surface area (Å²) < 4.78 is 13.4. The zero-order valence-corrected chi connectivity index (χ0v) is 15.6. The van der Waals surface area contributed by atoms with Gasteiger partial charge >= 0.3 is 0 Å². The van der Waals surface area contributed by atoms with E-state index in [-0.39, 0.29) is 17.8 Å². The second kappa shape index (κ2) is 8.68. The summed E-state index contributed by atoms with van der Waals surface area (Å²) in [4.78, 5) is 18.3. The lowest BCUT2D eigenvalue weighted by Crippen LogP contribution is -2.32. The van der Waals surface area contributed by atoms with Crippen LogP contribution in [0, 0.1) is 5.82 Å². The van der Waals surface area contributed by atoms with E-state index in [0.717, 1.165) is 29.8 Å². The summed E-state index contributed by atoms with van der Waals surface area (Å²) in [5.74, 6) is -0.288. The van der Waals surface area contributed by atoms with E-state index >= 15 is 0 Å². The maximum absolute atomic E-state index is 13.4. The number of hydrogen-bond acceptors (Lipinski definition) is 6.